The van der Waals surface area contributed by atoms with Crippen LogP contribution in [0.15, 0.2) is 71.6 Å². The second kappa shape index (κ2) is 8.75. The number of carbonyl (C=O) groups is 1. The number of rotatable bonds is 7. The molecule has 4 rings (SSSR count). The van der Waals surface area contributed by atoms with Crippen LogP contribution >= 0.6 is 0 Å². The molecule has 1 heterocycles. The van der Waals surface area contributed by atoms with Crippen molar-refractivity contribution in [2.75, 3.05) is 22.1 Å². The molecule has 3 aromatic carbocycles. The number of sulfonamides is 1. The minimum Gasteiger partial charge on any atom is -0.454 e. The van der Waals surface area contributed by atoms with Gasteiger partial charge in [0.25, 0.3) is 10.0 Å². The standard InChI is InChI=1S/C22H20FN3O5S/c1-14(22(27)25-18-8-11-20-21(12-18)31-13-30-20)24-16-4-6-17(7-5-16)26-32(28,29)19-9-2-15(23)3-10-19/h2-12,14,24,26H,13H2,1H3,(H,25,27). The summed E-state index contributed by atoms with van der Waals surface area (Å²) in [6.07, 6.45) is 0. The lowest BCUT2D eigenvalue weighted by atomic mass is 10.2. The Morgan fingerprint density at radius 2 is 1.53 bits per heavy atom. The molecule has 0 aliphatic carbocycles. The summed E-state index contributed by atoms with van der Waals surface area (Å²) in [5.74, 6) is 0.424. The summed E-state index contributed by atoms with van der Waals surface area (Å²) in [7, 11) is -3.84. The smallest absolute Gasteiger partial charge is 0.261 e. The second-order valence-corrected chi connectivity index (χ2v) is 8.74. The minimum atomic E-state index is -3.84. The highest BCUT2D eigenvalue weighted by Crippen LogP contribution is 2.34. The van der Waals surface area contributed by atoms with Gasteiger partial charge < -0.3 is 20.1 Å². The van der Waals surface area contributed by atoms with Crippen molar-refractivity contribution in [1.82, 2.24) is 0 Å². The first kappa shape index (κ1) is 21.4. The van der Waals surface area contributed by atoms with Crippen molar-refractivity contribution >= 4 is 33.0 Å². The van der Waals surface area contributed by atoms with E-state index in [2.05, 4.69) is 15.4 Å². The van der Waals surface area contributed by atoms with E-state index >= 15 is 0 Å². The summed E-state index contributed by atoms with van der Waals surface area (Å²) >= 11 is 0. The number of fused-ring (bicyclic) bond motifs is 1. The molecule has 0 bridgehead atoms. The number of benzene rings is 3. The van der Waals surface area contributed by atoms with Crippen molar-refractivity contribution in [1.29, 1.82) is 0 Å². The van der Waals surface area contributed by atoms with Crippen LogP contribution in [0, 0.1) is 5.82 Å². The fourth-order valence-electron chi connectivity index (χ4n) is 3.00. The Balaban J connectivity index is 1.35. The highest BCUT2D eigenvalue weighted by Gasteiger charge is 2.17. The third-order valence-electron chi connectivity index (χ3n) is 4.68. The zero-order chi connectivity index (χ0) is 22.7. The quantitative estimate of drug-likeness (QED) is 0.499. The first-order valence-corrected chi connectivity index (χ1v) is 11.1. The Kier molecular flexibility index (Phi) is 5.87. The van der Waals surface area contributed by atoms with Crippen molar-refractivity contribution in [3.8, 4) is 11.5 Å². The largest absolute Gasteiger partial charge is 0.454 e. The molecular weight excluding hydrogens is 437 g/mol. The molecule has 3 N–H and O–H groups in total. The molecule has 0 radical (unpaired) electrons. The Morgan fingerprint density at radius 1 is 0.906 bits per heavy atom. The zero-order valence-corrected chi connectivity index (χ0v) is 17.8. The molecular formula is C22H20FN3O5S. The first-order chi connectivity index (χ1) is 15.3. The highest BCUT2D eigenvalue weighted by molar-refractivity contribution is 7.92. The van der Waals surface area contributed by atoms with Crippen LogP contribution in [0.1, 0.15) is 6.92 Å². The van der Waals surface area contributed by atoms with Gasteiger partial charge in [0.05, 0.1) is 4.90 Å². The predicted octanol–water partition coefficient (Wildman–Crippen LogP) is 3.79. The first-order valence-electron chi connectivity index (χ1n) is 9.66. The zero-order valence-electron chi connectivity index (χ0n) is 17.0. The van der Waals surface area contributed by atoms with Crippen LogP contribution in [0.5, 0.6) is 11.5 Å². The van der Waals surface area contributed by atoms with Gasteiger partial charge in [-0.2, -0.15) is 0 Å². The second-order valence-electron chi connectivity index (χ2n) is 7.06. The number of hydrogen-bond donors (Lipinski definition) is 3. The average molecular weight is 457 g/mol. The van der Waals surface area contributed by atoms with Crippen LogP contribution in [0.4, 0.5) is 21.5 Å². The van der Waals surface area contributed by atoms with E-state index in [4.69, 9.17) is 9.47 Å². The van der Waals surface area contributed by atoms with Gasteiger partial charge in [-0.3, -0.25) is 9.52 Å². The van der Waals surface area contributed by atoms with Crippen LogP contribution in [0.25, 0.3) is 0 Å². The number of nitrogens with one attached hydrogen (secondary N) is 3. The lowest BCUT2D eigenvalue weighted by Gasteiger charge is -2.16. The van der Waals surface area contributed by atoms with E-state index in [1.54, 1.807) is 49.4 Å². The molecule has 1 unspecified atom stereocenters. The average Bonchev–Trinajstić information content (AvgIpc) is 3.23. The number of carbonyl (C=O) groups excluding carboxylic acids is 1. The van der Waals surface area contributed by atoms with E-state index in [-0.39, 0.29) is 17.6 Å². The van der Waals surface area contributed by atoms with Crippen molar-refractivity contribution in [3.05, 3.63) is 72.5 Å². The summed E-state index contributed by atoms with van der Waals surface area (Å²) < 4.78 is 50.8. The summed E-state index contributed by atoms with van der Waals surface area (Å²) in [6.45, 7) is 1.86. The van der Waals surface area contributed by atoms with Gasteiger partial charge in [0.15, 0.2) is 11.5 Å². The molecule has 1 amide bonds. The van der Waals surface area contributed by atoms with Crippen LogP contribution in [0.2, 0.25) is 0 Å². The van der Waals surface area contributed by atoms with Crippen molar-refractivity contribution in [3.63, 3.8) is 0 Å². The van der Waals surface area contributed by atoms with Gasteiger partial charge in [-0.05, 0) is 67.6 Å². The van der Waals surface area contributed by atoms with Crippen LogP contribution in [-0.2, 0) is 14.8 Å². The molecule has 0 saturated carbocycles. The van der Waals surface area contributed by atoms with E-state index in [9.17, 15) is 17.6 Å². The number of halogens is 1. The van der Waals surface area contributed by atoms with Gasteiger partial charge in [0.2, 0.25) is 12.7 Å². The van der Waals surface area contributed by atoms with Crippen LogP contribution < -0.4 is 24.8 Å². The molecule has 1 aliphatic heterocycles. The third-order valence-corrected chi connectivity index (χ3v) is 6.07. The number of anilines is 3. The Hall–Kier alpha value is -3.79. The fraction of sp³-hybridized carbons (Fsp3) is 0.136. The Morgan fingerprint density at radius 3 is 2.25 bits per heavy atom. The van der Waals surface area contributed by atoms with Crippen LogP contribution in [0.3, 0.4) is 0 Å². The van der Waals surface area contributed by atoms with Crippen LogP contribution in [-0.4, -0.2) is 27.2 Å². The fourth-order valence-corrected chi connectivity index (χ4v) is 4.06. The van der Waals surface area contributed by atoms with E-state index < -0.39 is 21.9 Å². The predicted molar refractivity (Wildman–Crippen MR) is 118 cm³/mol. The maximum atomic E-state index is 13.0. The molecule has 8 nitrogen and oxygen atoms in total. The Labute approximate surface area is 184 Å². The van der Waals surface area contributed by atoms with Crippen molar-refractivity contribution in [2.45, 2.75) is 17.9 Å². The van der Waals surface area contributed by atoms with Gasteiger partial charge in [-0.1, -0.05) is 0 Å². The van der Waals surface area contributed by atoms with E-state index in [0.717, 1.165) is 12.1 Å². The van der Waals surface area contributed by atoms with E-state index in [1.807, 2.05) is 0 Å². The lowest BCUT2D eigenvalue weighted by Crippen LogP contribution is -2.31. The van der Waals surface area contributed by atoms with Crippen molar-refractivity contribution < 1.29 is 27.1 Å². The SMILES string of the molecule is CC(Nc1ccc(NS(=O)(=O)c2ccc(F)cc2)cc1)C(=O)Nc1ccc2c(c1)OCO2. The summed E-state index contributed by atoms with van der Waals surface area (Å²) in [5.41, 5.74) is 1.54. The van der Waals surface area contributed by atoms with Crippen molar-refractivity contribution in [2.24, 2.45) is 0 Å². The van der Waals surface area contributed by atoms with Gasteiger partial charge in [0.1, 0.15) is 11.9 Å². The van der Waals surface area contributed by atoms with Gasteiger partial charge in [-0.15, -0.1) is 0 Å². The molecule has 1 atom stereocenters. The summed E-state index contributed by atoms with van der Waals surface area (Å²) in [5, 5.41) is 5.86. The normalized spacial score (nSPS) is 13.3. The molecule has 0 aromatic heterocycles. The number of amides is 1. The third kappa shape index (κ3) is 4.92. The van der Waals surface area contributed by atoms with Gasteiger partial charge in [-0.25, -0.2) is 12.8 Å². The summed E-state index contributed by atoms with van der Waals surface area (Å²) in [6, 6.07) is 15.5. The molecule has 1 aliphatic rings. The molecule has 32 heavy (non-hydrogen) atoms. The number of ether oxygens (including phenoxy) is 2. The minimum absolute atomic E-state index is 0.0464. The maximum Gasteiger partial charge on any atom is 0.261 e. The topological polar surface area (TPSA) is 106 Å². The maximum absolute atomic E-state index is 13.0. The molecule has 0 saturated heterocycles. The highest BCUT2D eigenvalue weighted by atomic mass is 32.2. The van der Waals surface area contributed by atoms with E-state index in [1.165, 1.54) is 12.1 Å². The molecule has 0 fully saturated rings. The van der Waals surface area contributed by atoms with Gasteiger partial charge >= 0.3 is 0 Å². The molecule has 10 heteroatoms. The summed E-state index contributed by atoms with van der Waals surface area (Å²) in [4.78, 5) is 12.4. The Bertz CT molecular complexity index is 1230. The molecule has 0 spiro atoms. The van der Waals surface area contributed by atoms with Gasteiger partial charge in [0, 0.05) is 23.1 Å². The molecule has 166 valence electrons. The lowest BCUT2D eigenvalue weighted by molar-refractivity contribution is -0.116. The number of hydrogen-bond acceptors (Lipinski definition) is 6. The monoisotopic (exact) mass is 457 g/mol. The molecule has 3 aromatic rings. The van der Waals surface area contributed by atoms with E-state index in [0.29, 0.717) is 28.6 Å².